The van der Waals surface area contributed by atoms with E-state index in [1.807, 2.05) is 49.4 Å². The number of nitriles is 1. The fourth-order valence-corrected chi connectivity index (χ4v) is 2.35. The van der Waals surface area contributed by atoms with Gasteiger partial charge in [-0.15, -0.1) is 0 Å². The van der Waals surface area contributed by atoms with Gasteiger partial charge in [0.2, 0.25) is 0 Å². The minimum atomic E-state index is 0.241. The maximum Gasteiger partial charge on any atom is 0.102 e. The fourth-order valence-electron chi connectivity index (χ4n) is 2.23. The van der Waals surface area contributed by atoms with Gasteiger partial charge in [-0.05, 0) is 49.6 Å². The Morgan fingerprint density at radius 1 is 1.20 bits per heavy atom. The maximum absolute atomic E-state index is 9.23. The third kappa shape index (κ3) is 3.53. The first-order valence-corrected chi connectivity index (χ1v) is 6.98. The molecule has 20 heavy (non-hydrogen) atoms. The molecule has 0 saturated carbocycles. The van der Waals surface area contributed by atoms with E-state index in [9.17, 15) is 5.26 Å². The van der Waals surface area contributed by atoms with Crippen LogP contribution >= 0.6 is 11.6 Å². The summed E-state index contributed by atoms with van der Waals surface area (Å²) in [6.07, 6.45) is 0.885. The molecule has 1 N–H and O–H groups in total. The average Bonchev–Trinajstić information content (AvgIpc) is 2.42. The third-order valence-electron chi connectivity index (χ3n) is 3.24. The minimum absolute atomic E-state index is 0.241. The number of rotatable bonds is 4. The van der Waals surface area contributed by atoms with E-state index in [2.05, 4.69) is 18.3 Å². The van der Waals surface area contributed by atoms with Crippen LogP contribution in [0, 0.1) is 18.3 Å². The first-order valence-electron chi connectivity index (χ1n) is 6.61. The normalized spacial score (nSPS) is 11.7. The van der Waals surface area contributed by atoms with Gasteiger partial charge in [0.15, 0.2) is 0 Å². The molecule has 0 radical (unpaired) electrons. The number of hydrogen-bond donors (Lipinski definition) is 1. The van der Waals surface area contributed by atoms with Crippen molar-refractivity contribution in [2.24, 2.45) is 0 Å². The van der Waals surface area contributed by atoms with Gasteiger partial charge in [-0.3, -0.25) is 0 Å². The molecule has 2 aromatic carbocycles. The molecule has 2 aromatic rings. The molecule has 1 unspecified atom stereocenters. The van der Waals surface area contributed by atoms with Crippen LogP contribution < -0.4 is 5.32 Å². The van der Waals surface area contributed by atoms with Crippen LogP contribution in [0.5, 0.6) is 0 Å². The van der Waals surface area contributed by atoms with Crippen LogP contribution in [-0.4, -0.2) is 6.04 Å². The second-order valence-electron chi connectivity index (χ2n) is 4.99. The van der Waals surface area contributed by atoms with Crippen molar-refractivity contribution in [2.75, 3.05) is 5.32 Å². The van der Waals surface area contributed by atoms with Crippen molar-refractivity contribution in [3.8, 4) is 6.07 Å². The van der Waals surface area contributed by atoms with Crippen LogP contribution in [0.25, 0.3) is 0 Å². The van der Waals surface area contributed by atoms with Crippen molar-refractivity contribution in [3.63, 3.8) is 0 Å². The Morgan fingerprint density at radius 3 is 2.55 bits per heavy atom. The van der Waals surface area contributed by atoms with E-state index >= 15 is 0 Å². The Balaban J connectivity index is 2.09. The summed E-state index contributed by atoms with van der Waals surface area (Å²) in [5.41, 5.74) is 3.83. The number of benzene rings is 2. The minimum Gasteiger partial charge on any atom is -0.381 e. The van der Waals surface area contributed by atoms with E-state index in [-0.39, 0.29) is 6.04 Å². The molecule has 0 fully saturated rings. The fraction of sp³-hybridized carbons (Fsp3) is 0.235. The number of nitrogens with one attached hydrogen (secondary N) is 1. The molecule has 102 valence electrons. The Morgan fingerprint density at radius 2 is 1.90 bits per heavy atom. The molecular formula is C17H17ClN2. The van der Waals surface area contributed by atoms with Crippen LogP contribution in [0.3, 0.4) is 0 Å². The standard InChI is InChI=1S/C17H17ClN2/c1-12-4-3-5-17(16(12)11-19)20-13(2)10-14-6-8-15(18)9-7-14/h3-9,13,20H,10H2,1-2H3. The van der Waals surface area contributed by atoms with Crippen molar-refractivity contribution < 1.29 is 0 Å². The number of anilines is 1. The molecule has 0 spiro atoms. The van der Waals surface area contributed by atoms with Gasteiger partial charge < -0.3 is 5.32 Å². The number of hydrogen-bond acceptors (Lipinski definition) is 2. The molecule has 2 nitrogen and oxygen atoms in total. The second-order valence-corrected chi connectivity index (χ2v) is 5.42. The number of aryl methyl sites for hydroxylation is 1. The van der Waals surface area contributed by atoms with Gasteiger partial charge in [-0.2, -0.15) is 5.26 Å². The second kappa shape index (κ2) is 6.45. The molecule has 0 aromatic heterocycles. The zero-order valence-electron chi connectivity index (χ0n) is 11.7. The highest BCUT2D eigenvalue weighted by Crippen LogP contribution is 2.20. The van der Waals surface area contributed by atoms with Gasteiger partial charge in [0, 0.05) is 11.1 Å². The van der Waals surface area contributed by atoms with E-state index in [4.69, 9.17) is 11.6 Å². The lowest BCUT2D eigenvalue weighted by molar-refractivity contribution is 0.790. The van der Waals surface area contributed by atoms with Crippen molar-refractivity contribution in [1.82, 2.24) is 0 Å². The van der Waals surface area contributed by atoms with Gasteiger partial charge in [0.25, 0.3) is 0 Å². The Labute approximate surface area is 125 Å². The zero-order valence-corrected chi connectivity index (χ0v) is 12.4. The van der Waals surface area contributed by atoms with Gasteiger partial charge in [0.05, 0.1) is 11.3 Å². The van der Waals surface area contributed by atoms with Gasteiger partial charge >= 0.3 is 0 Å². The monoisotopic (exact) mass is 284 g/mol. The maximum atomic E-state index is 9.23. The average molecular weight is 285 g/mol. The molecule has 1 atom stereocenters. The summed E-state index contributed by atoms with van der Waals surface area (Å²) in [7, 11) is 0. The molecule has 0 heterocycles. The molecule has 0 bridgehead atoms. The van der Waals surface area contributed by atoms with E-state index < -0.39 is 0 Å². The summed E-state index contributed by atoms with van der Waals surface area (Å²) in [5, 5.41) is 13.4. The van der Waals surface area contributed by atoms with Gasteiger partial charge in [-0.25, -0.2) is 0 Å². The number of halogens is 1. The van der Waals surface area contributed by atoms with Crippen LogP contribution in [0.2, 0.25) is 5.02 Å². The Hall–Kier alpha value is -1.98. The van der Waals surface area contributed by atoms with Crippen molar-refractivity contribution >= 4 is 17.3 Å². The molecule has 0 aliphatic heterocycles. The summed E-state index contributed by atoms with van der Waals surface area (Å²) < 4.78 is 0. The SMILES string of the molecule is Cc1cccc(NC(C)Cc2ccc(Cl)cc2)c1C#N. The highest BCUT2D eigenvalue weighted by molar-refractivity contribution is 6.30. The summed E-state index contributed by atoms with van der Waals surface area (Å²) >= 11 is 5.88. The highest BCUT2D eigenvalue weighted by Gasteiger charge is 2.08. The van der Waals surface area contributed by atoms with E-state index in [1.165, 1.54) is 5.56 Å². The molecular weight excluding hydrogens is 268 g/mol. The summed E-state index contributed by atoms with van der Waals surface area (Å²) in [5.74, 6) is 0. The lowest BCUT2D eigenvalue weighted by Crippen LogP contribution is -2.19. The lowest BCUT2D eigenvalue weighted by atomic mass is 10.0. The van der Waals surface area contributed by atoms with Crippen molar-refractivity contribution in [1.29, 1.82) is 5.26 Å². The quantitative estimate of drug-likeness (QED) is 0.893. The zero-order chi connectivity index (χ0) is 14.5. The molecule has 0 saturated heterocycles. The Kier molecular flexibility index (Phi) is 4.65. The third-order valence-corrected chi connectivity index (χ3v) is 3.49. The first-order chi connectivity index (χ1) is 9.60. The van der Waals surface area contributed by atoms with Crippen LogP contribution in [0.1, 0.15) is 23.6 Å². The number of nitrogens with zero attached hydrogens (tertiary/aromatic N) is 1. The lowest BCUT2D eigenvalue weighted by Gasteiger charge is -2.17. The molecule has 0 amide bonds. The van der Waals surface area contributed by atoms with Gasteiger partial charge in [-0.1, -0.05) is 35.9 Å². The van der Waals surface area contributed by atoms with Gasteiger partial charge in [0.1, 0.15) is 6.07 Å². The molecule has 0 aliphatic rings. The summed E-state index contributed by atoms with van der Waals surface area (Å²) in [6, 6.07) is 16.2. The topological polar surface area (TPSA) is 35.8 Å². The van der Waals surface area contributed by atoms with Crippen LogP contribution in [0.4, 0.5) is 5.69 Å². The predicted molar refractivity (Wildman–Crippen MR) is 84.1 cm³/mol. The molecule has 0 aliphatic carbocycles. The summed E-state index contributed by atoms with van der Waals surface area (Å²) in [6.45, 7) is 4.06. The smallest absolute Gasteiger partial charge is 0.102 e. The van der Waals surface area contributed by atoms with Crippen molar-refractivity contribution in [3.05, 3.63) is 64.2 Å². The first kappa shape index (κ1) is 14.4. The highest BCUT2D eigenvalue weighted by atomic mass is 35.5. The van der Waals surface area contributed by atoms with Crippen LogP contribution in [-0.2, 0) is 6.42 Å². The molecule has 3 heteroatoms. The van der Waals surface area contributed by atoms with E-state index in [1.54, 1.807) is 0 Å². The Bertz CT molecular complexity index is 626. The van der Waals surface area contributed by atoms with E-state index in [0.717, 1.165) is 28.3 Å². The summed E-state index contributed by atoms with van der Waals surface area (Å²) in [4.78, 5) is 0. The van der Waals surface area contributed by atoms with Crippen molar-refractivity contribution in [2.45, 2.75) is 26.3 Å². The largest absolute Gasteiger partial charge is 0.381 e. The van der Waals surface area contributed by atoms with E-state index in [0.29, 0.717) is 0 Å². The van der Waals surface area contributed by atoms with Crippen LogP contribution in [0.15, 0.2) is 42.5 Å². The predicted octanol–water partition coefficient (Wildman–Crippen LogP) is 4.56. The molecule has 2 rings (SSSR count).